The van der Waals surface area contributed by atoms with Gasteiger partial charge >= 0.3 is 0 Å². The van der Waals surface area contributed by atoms with E-state index in [2.05, 4.69) is 4.98 Å². The Kier molecular flexibility index (Phi) is 6.09. The molecule has 3 amide bonds. The molecule has 0 radical (unpaired) electrons. The number of benzene rings is 3. The number of aromatic amines is 1. The normalized spacial score (nSPS) is 15.7. The first-order valence-electron chi connectivity index (χ1n) is 11.2. The maximum Gasteiger partial charge on any atom is 0.257 e. The van der Waals surface area contributed by atoms with Crippen molar-refractivity contribution in [1.29, 1.82) is 0 Å². The number of aromatic nitrogens is 1. The molecule has 0 spiro atoms. The van der Waals surface area contributed by atoms with Crippen molar-refractivity contribution in [3.05, 3.63) is 101 Å². The Morgan fingerprint density at radius 3 is 2.49 bits per heavy atom. The Morgan fingerprint density at radius 1 is 1.03 bits per heavy atom. The van der Waals surface area contributed by atoms with Crippen LogP contribution in [0.3, 0.4) is 0 Å². The maximum absolute atomic E-state index is 13.5. The monoisotopic (exact) mass is 489 g/mol. The number of carbonyl (C=O) groups is 3. The number of amides is 3. The molecule has 0 bridgehead atoms. The van der Waals surface area contributed by atoms with Crippen molar-refractivity contribution in [3.8, 4) is 0 Å². The highest BCUT2D eigenvalue weighted by molar-refractivity contribution is 6.31. The number of anilines is 1. The van der Waals surface area contributed by atoms with Crippen LogP contribution in [0.4, 0.5) is 10.1 Å². The minimum absolute atomic E-state index is 0.137. The lowest BCUT2D eigenvalue weighted by molar-refractivity contribution is -0.122. The third-order valence-corrected chi connectivity index (χ3v) is 6.48. The first-order chi connectivity index (χ1) is 16.9. The molecule has 1 aliphatic heterocycles. The van der Waals surface area contributed by atoms with Gasteiger partial charge in [0.15, 0.2) is 0 Å². The topological polar surface area (TPSA) is 73.5 Å². The van der Waals surface area contributed by atoms with Crippen molar-refractivity contribution in [1.82, 2.24) is 9.88 Å². The van der Waals surface area contributed by atoms with E-state index >= 15 is 0 Å². The molecule has 3 aromatic carbocycles. The molecule has 1 aromatic heterocycles. The number of imide groups is 1. The zero-order chi connectivity index (χ0) is 24.5. The number of fused-ring (bicyclic) bond motifs is 1. The zero-order valence-corrected chi connectivity index (χ0v) is 19.3. The van der Waals surface area contributed by atoms with Crippen molar-refractivity contribution in [3.63, 3.8) is 0 Å². The quantitative estimate of drug-likeness (QED) is 0.388. The van der Waals surface area contributed by atoms with Gasteiger partial charge in [-0.15, -0.1) is 0 Å². The predicted molar refractivity (Wildman–Crippen MR) is 132 cm³/mol. The molecular formula is C27H21ClFN3O3. The molecule has 0 saturated carbocycles. The van der Waals surface area contributed by atoms with E-state index in [1.165, 1.54) is 29.2 Å². The summed E-state index contributed by atoms with van der Waals surface area (Å²) < 4.78 is 13.5. The van der Waals surface area contributed by atoms with Crippen LogP contribution in [0, 0.1) is 5.82 Å². The second kappa shape index (κ2) is 9.35. The van der Waals surface area contributed by atoms with E-state index in [1.54, 1.807) is 24.3 Å². The highest BCUT2D eigenvalue weighted by Crippen LogP contribution is 2.28. The van der Waals surface area contributed by atoms with Gasteiger partial charge in [-0.25, -0.2) is 9.29 Å². The first kappa shape index (κ1) is 22.8. The van der Waals surface area contributed by atoms with Crippen LogP contribution in [-0.2, 0) is 16.0 Å². The Bertz CT molecular complexity index is 1420. The Labute approximate surface area is 205 Å². The molecule has 1 unspecified atom stereocenters. The lowest BCUT2D eigenvalue weighted by Gasteiger charge is -2.28. The summed E-state index contributed by atoms with van der Waals surface area (Å²) >= 11 is 5.95. The van der Waals surface area contributed by atoms with Gasteiger partial charge in [0.25, 0.3) is 11.8 Å². The van der Waals surface area contributed by atoms with E-state index in [9.17, 15) is 18.8 Å². The van der Waals surface area contributed by atoms with Crippen molar-refractivity contribution >= 4 is 45.9 Å². The summed E-state index contributed by atoms with van der Waals surface area (Å²) in [6, 6.07) is 18.4. The number of hydrogen-bond donors (Lipinski definition) is 1. The molecule has 4 aromatic rings. The molecule has 1 saturated heterocycles. The fraction of sp³-hybridized carbons (Fsp3) is 0.148. The van der Waals surface area contributed by atoms with Crippen LogP contribution in [0.2, 0.25) is 5.02 Å². The van der Waals surface area contributed by atoms with Crippen molar-refractivity contribution in [2.75, 3.05) is 11.4 Å². The van der Waals surface area contributed by atoms with E-state index in [0.29, 0.717) is 17.1 Å². The average molecular weight is 490 g/mol. The summed E-state index contributed by atoms with van der Waals surface area (Å²) in [5.74, 6) is -1.78. The van der Waals surface area contributed by atoms with Crippen LogP contribution in [-0.4, -0.2) is 40.2 Å². The minimum atomic E-state index is -0.971. The van der Waals surface area contributed by atoms with Crippen LogP contribution in [0.15, 0.2) is 79.0 Å². The number of H-pyrrole nitrogens is 1. The van der Waals surface area contributed by atoms with E-state index in [1.807, 2.05) is 30.5 Å². The third kappa shape index (κ3) is 4.42. The SMILES string of the molecule is O=C1CC(N(CCc2c[nH]c3ccccc23)C(=O)c2ccc(F)cc2)C(=O)N1c1ccc(Cl)cc1. The van der Waals surface area contributed by atoms with Crippen LogP contribution >= 0.6 is 11.6 Å². The molecule has 35 heavy (non-hydrogen) atoms. The first-order valence-corrected chi connectivity index (χ1v) is 11.5. The van der Waals surface area contributed by atoms with E-state index in [4.69, 9.17) is 11.6 Å². The van der Waals surface area contributed by atoms with E-state index in [0.717, 1.165) is 21.4 Å². The average Bonchev–Trinajstić information content (AvgIpc) is 3.40. The number of nitrogens with one attached hydrogen (secondary N) is 1. The van der Waals surface area contributed by atoms with Crippen molar-refractivity contribution < 1.29 is 18.8 Å². The summed E-state index contributed by atoms with van der Waals surface area (Å²) in [5, 5.41) is 1.51. The lowest BCUT2D eigenvalue weighted by atomic mass is 10.1. The molecule has 1 N–H and O–H groups in total. The molecule has 5 rings (SSSR count). The zero-order valence-electron chi connectivity index (χ0n) is 18.6. The number of nitrogens with zero attached hydrogens (tertiary/aromatic N) is 2. The highest BCUT2D eigenvalue weighted by atomic mass is 35.5. The number of halogens is 2. The number of hydrogen-bond acceptors (Lipinski definition) is 3. The maximum atomic E-state index is 13.5. The Balaban J connectivity index is 1.46. The van der Waals surface area contributed by atoms with Crippen molar-refractivity contribution in [2.24, 2.45) is 0 Å². The van der Waals surface area contributed by atoms with Crippen LogP contribution in [0.5, 0.6) is 0 Å². The third-order valence-electron chi connectivity index (χ3n) is 6.23. The van der Waals surface area contributed by atoms with Gasteiger partial charge in [-0.3, -0.25) is 14.4 Å². The smallest absolute Gasteiger partial charge is 0.257 e. The summed E-state index contributed by atoms with van der Waals surface area (Å²) in [4.78, 5) is 45.5. The van der Waals surface area contributed by atoms with Gasteiger partial charge in [-0.2, -0.15) is 0 Å². The standard InChI is InChI=1S/C27H21ClFN3O3/c28-19-7-11-21(12-8-19)32-25(33)15-24(27(32)35)31(26(34)17-5-9-20(29)10-6-17)14-13-18-16-30-23-4-2-1-3-22(18)23/h1-12,16,24,30H,13-15H2. The second-order valence-electron chi connectivity index (χ2n) is 8.38. The molecule has 1 aliphatic rings. The van der Waals surface area contributed by atoms with Crippen molar-refractivity contribution in [2.45, 2.75) is 18.9 Å². The minimum Gasteiger partial charge on any atom is -0.361 e. The fourth-order valence-electron chi connectivity index (χ4n) is 4.46. The van der Waals surface area contributed by atoms with Gasteiger partial charge in [-0.05, 0) is 66.6 Å². The van der Waals surface area contributed by atoms with Gasteiger partial charge in [0.1, 0.15) is 11.9 Å². The van der Waals surface area contributed by atoms with Crippen LogP contribution in [0.25, 0.3) is 10.9 Å². The van der Waals surface area contributed by atoms with Gasteiger partial charge in [0.2, 0.25) is 5.91 Å². The van der Waals surface area contributed by atoms with E-state index in [-0.39, 0.29) is 18.5 Å². The highest BCUT2D eigenvalue weighted by Gasteiger charge is 2.44. The van der Waals surface area contributed by atoms with E-state index < -0.39 is 29.6 Å². The van der Waals surface area contributed by atoms with Gasteiger partial charge in [0, 0.05) is 34.2 Å². The largest absolute Gasteiger partial charge is 0.361 e. The number of para-hydroxylation sites is 1. The van der Waals surface area contributed by atoms with Crippen LogP contribution < -0.4 is 4.90 Å². The number of carbonyl (C=O) groups excluding carboxylic acids is 3. The van der Waals surface area contributed by atoms with Gasteiger partial charge in [0.05, 0.1) is 12.1 Å². The Hall–Kier alpha value is -3.97. The second-order valence-corrected chi connectivity index (χ2v) is 8.82. The molecule has 176 valence electrons. The van der Waals surface area contributed by atoms with Gasteiger partial charge in [-0.1, -0.05) is 29.8 Å². The molecular weight excluding hydrogens is 469 g/mol. The molecule has 8 heteroatoms. The summed E-state index contributed by atoms with van der Waals surface area (Å²) in [7, 11) is 0. The predicted octanol–water partition coefficient (Wildman–Crippen LogP) is 4.98. The number of rotatable bonds is 6. The fourth-order valence-corrected chi connectivity index (χ4v) is 4.58. The lowest BCUT2D eigenvalue weighted by Crippen LogP contribution is -2.46. The Morgan fingerprint density at radius 2 is 1.74 bits per heavy atom. The summed E-state index contributed by atoms with van der Waals surface area (Å²) in [5.41, 5.74) is 2.61. The molecule has 1 fully saturated rings. The molecule has 0 aliphatic carbocycles. The molecule has 6 nitrogen and oxygen atoms in total. The van der Waals surface area contributed by atoms with Crippen LogP contribution in [0.1, 0.15) is 22.3 Å². The summed E-state index contributed by atoms with van der Waals surface area (Å²) in [6.07, 6.45) is 2.21. The molecule has 1 atom stereocenters. The van der Waals surface area contributed by atoms with Gasteiger partial charge < -0.3 is 9.88 Å². The molecule has 2 heterocycles. The summed E-state index contributed by atoms with van der Waals surface area (Å²) in [6.45, 7) is 0.205.